The van der Waals surface area contributed by atoms with E-state index in [0.29, 0.717) is 22.1 Å². The van der Waals surface area contributed by atoms with E-state index in [9.17, 15) is 19.7 Å². The number of nitrogens with zero attached hydrogens (tertiary/aromatic N) is 2. The maximum atomic E-state index is 12.7. The minimum atomic E-state index is -0.507. The summed E-state index contributed by atoms with van der Waals surface area (Å²) in [6, 6.07) is 16.4. The van der Waals surface area contributed by atoms with Crippen LogP contribution in [0.15, 0.2) is 70.0 Å². The van der Waals surface area contributed by atoms with Crippen molar-refractivity contribution in [2.24, 2.45) is 0 Å². The van der Waals surface area contributed by atoms with Crippen molar-refractivity contribution in [1.29, 1.82) is 0 Å². The molecule has 1 saturated heterocycles. The van der Waals surface area contributed by atoms with Gasteiger partial charge in [-0.1, -0.05) is 35.9 Å². The summed E-state index contributed by atoms with van der Waals surface area (Å²) in [7, 11) is 0. The number of non-ortho nitro benzene ring substituents is 1. The zero-order chi connectivity index (χ0) is 21.3. The fourth-order valence-corrected chi connectivity index (χ4v) is 3.95. The van der Waals surface area contributed by atoms with Crippen molar-refractivity contribution in [1.82, 2.24) is 4.90 Å². The number of nitro benzene ring substituents is 1. The molecule has 0 aliphatic carbocycles. The van der Waals surface area contributed by atoms with Crippen LogP contribution in [0.3, 0.4) is 0 Å². The van der Waals surface area contributed by atoms with Crippen molar-refractivity contribution in [3.05, 3.63) is 92.0 Å². The normalized spacial score (nSPS) is 15.2. The fraction of sp³-hybridized carbons (Fsp3) is 0.0476. The molecule has 30 heavy (non-hydrogen) atoms. The van der Waals surface area contributed by atoms with Crippen molar-refractivity contribution in [2.75, 3.05) is 0 Å². The topological polar surface area (TPSA) is 93.7 Å². The van der Waals surface area contributed by atoms with Crippen LogP contribution in [-0.2, 0) is 11.3 Å². The number of rotatable bonds is 5. The van der Waals surface area contributed by atoms with E-state index >= 15 is 0 Å². The van der Waals surface area contributed by atoms with Gasteiger partial charge in [-0.2, -0.15) is 0 Å². The van der Waals surface area contributed by atoms with E-state index < -0.39 is 16.1 Å². The predicted octanol–water partition coefficient (Wildman–Crippen LogP) is 5.74. The summed E-state index contributed by atoms with van der Waals surface area (Å²) >= 11 is 7.00. The molecular formula is C21H13ClN2O5S. The molecule has 0 unspecified atom stereocenters. The Balaban J connectivity index is 1.52. The van der Waals surface area contributed by atoms with Crippen LogP contribution in [0.4, 0.5) is 10.5 Å². The first-order valence-corrected chi connectivity index (χ1v) is 9.95. The van der Waals surface area contributed by atoms with Crippen LogP contribution in [-0.4, -0.2) is 21.0 Å². The van der Waals surface area contributed by atoms with Crippen molar-refractivity contribution < 1.29 is 18.9 Å². The standard InChI is InChI=1S/C21H13ClN2O5S/c22-17-4-2-1-3-16(17)18-10-9-15(29-18)11-19-20(25)23(21(26)30-19)12-13-5-7-14(8-6-13)24(27)28/h1-11H,12H2/b19-11-. The molecule has 4 rings (SSSR count). The second-order valence-corrected chi connectivity index (χ2v) is 7.77. The number of hydrogen-bond acceptors (Lipinski definition) is 6. The van der Waals surface area contributed by atoms with E-state index in [1.165, 1.54) is 30.3 Å². The molecular weight excluding hydrogens is 428 g/mol. The Hall–Kier alpha value is -3.36. The molecule has 2 amide bonds. The van der Waals surface area contributed by atoms with E-state index in [1.807, 2.05) is 18.2 Å². The molecule has 2 aromatic carbocycles. The number of thioether (sulfide) groups is 1. The highest BCUT2D eigenvalue weighted by Gasteiger charge is 2.35. The Kier molecular flexibility index (Phi) is 5.43. The first kappa shape index (κ1) is 19.9. The van der Waals surface area contributed by atoms with Gasteiger partial charge in [0, 0.05) is 23.8 Å². The largest absolute Gasteiger partial charge is 0.457 e. The number of carbonyl (C=O) groups is 2. The van der Waals surface area contributed by atoms with Crippen molar-refractivity contribution in [3.8, 4) is 11.3 Å². The molecule has 0 radical (unpaired) electrons. The summed E-state index contributed by atoms with van der Waals surface area (Å²) in [6.07, 6.45) is 1.51. The maximum absolute atomic E-state index is 12.7. The molecule has 2 heterocycles. The zero-order valence-electron chi connectivity index (χ0n) is 15.3. The Morgan fingerprint density at radius 1 is 1.07 bits per heavy atom. The van der Waals surface area contributed by atoms with Crippen molar-refractivity contribution in [2.45, 2.75) is 6.54 Å². The van der Waals surface area contributed by atoms with E-state index in [0.717, 1.165) is 22.2 Å². The van der Waals surface area contributed by atoms with Gasteiger partial charge in [0.05, 0.1) is 21.4 Å². The van der Waals surface area contributed by atoms with Crippen LogP contribution < -0.4 is 0 Å². The highest BCUT2D eigenvalue weighted by atomic mass is 35.5. The number of imide groups is 1. The highest BCUT2D eigenvalue weighted by Crippen LogP contribution is 2.35. The van der Waals surface area contributed by atoms with Gasteiger partial charge in [-0.25, -0.2) is 0 Å². The summed E-state index contributed by atoms with van der Waals surface area (Å²) < 4.78 is 5.77. The molecule has 0 spiro atoms. The van der Waals surface area contributed by atoms with Gasteiger partial charge >= 0.3 is 0 Å². The number of furan rings is 1. The minimum Gasteiger partial charge on any atom is -0.457 e. The molecule has 7 nitrogen and oxygen atoms in total. The van der Waals surface area contributed by atoms with Crippen LogP contribution in [0, 0.1) is 10.1 Å². The van der Waals surface area contributed by atoms with Gasteiger partial charge in [0.2, 0.25) is 0 Å². The quantitative estimate of drug-likeness (QED) is 0.285. The first-order chi connectivity index (χ1) is 14.4. The van der Waals surface area contributed by atoms with Gasteiger partial charge < -0.3 is 4.42 Å². The third-order valence-electron chi connectivity index (χ3n) is 4.40. The van der Waals surface area contributed by atoms with Gasteiger partial charge in [-0.3, -0.25) is 24.6 Å². The van der Waals surface area contributed by atoms with Crippen LogP contribution in [0.1, 0.15) is 11.3 Å². The third-order valence-corrected chi connectivity index (χ3v) is 5.64. The Bertz CT molecular complexity index is 1190. The first-order valence-electron chi connectivity index (χ1n) is 8.76. The lowest BCUT2D eigenvalue weighted by Crippen LogP contribution is -2.27. The van der Waals surface area contributed by atoms with Gasteiger partial charge in [0.25, 0.3) is 16.8 Å². The van der Waals surface area contributed by atoms with Crippen LogP contribution in [0.5, 0.6) is 0 Å². The van der Waals surface area contributed by atoms with Gasteiger partial charge in [-0.05, 0) is 41.6 Å². The Morgan fingerprint density at radius 3 is 2.50 bits per heavy atom. The molecule has 0 N–H and O–H groups in total. The summed E-state index contributed by atoms with van der Waals surface area (Å²) in [6.45, 7) is 0.0308. The average molecular weight is 441 g/mol. The molecule has 9 heteroatoms. The van der Waals surface area contributed by atoms with Crippen LogP contribution >= 0.6 is 23.4 Å². The number of amides is 2. The number of benzene rings is 2. The van der Waals surface area contributed by atoms with Gasteiger partial charge in [-0.15, -0.1) is 0 Å². The van der Waals surface area contributed by atoms with E-state index in [1.54, 1.807) is 18.2 Å². The zero-order valence-corrected chi connectivity index (χ0v) is 16.9. The summed E-state index contributed by atoms with van der Waals surface area (Å²) in [5.74, 6) is 0.529. The lowest BCUT2D eigenvalue weighted by atomic mass is 10.2. The van der Waals surface area contributed by atoms with Crippen LogP contribution in [0.25, 0.3) is 17.4 Å². The fourth-order valence-electron chi connectivity index (χ4n) is 2.91. The molecule has 1 aliphatic rings. The highest BCUT2D eigenvalue weighted by molar-refractivity contribution is 8.18. The number of nitro groups is 1. The molecule has 150 valence electrons. The van der Waals surface area contributed by atoms with Crippen molar-refractivity contribution in [3.63, 3.8) is 0 Å². The Morgan fingerprint density at radius 2 is 1.80 bits per heavy atom. The average Bonchev–Trinajstić information content (AvgIpc) is 3.29. The van der Waals surface area contributed by atoms with E-state index in [-0.39, 0.29) is 17.1 Å². The SMILES string of the molecule is O=C1S/C(=C\c2ccc(-c3ccccc3Cl)o2)C(=O)N1Cc1ccc([N+](=O)[O-])cc1. The van der Waals surface area contributed by atoms with Crippen LogP contribution in [0.2, 0.25) is 5.02 Å². The number of halogens is 1. The summed E-state index contributed by atoms with van der Waals surface area (Å²) in [5.41, 5.74) is 1.29. The summed E-state index contributed by atoms with van der Waals surface area (Å²) in [4.78, 5) is 36.6. The monoisotopic (exact) mass is 440 g/mol. The second-order valence-electron chi connectivity index (χ2n) is 6.37. The Labute approximate surface area is 180 Å². The molecule has 0 saturated carbocycles. The molecule has 3 aromatic rings. The number of carbonyl (C=O) groups excluding carboxylic acids is 2. The molecule has 1 aromatic heterocycles. The molecule has 0 atom stereocenters. The maximum Gasteiger partial charge on any atom is 0.293 e. The van der Waals surface area contributed by atoms with Gasteiger partial charge in [0.1, 0.15) is 11.5 Å². The predicted molar refractivity (Wildman–Crippen MR) is 114 cm³/mol. The smallest absolute Gasteiger partial charge is 0.293 e. The second kappa shape index (κ2) is 8.17. The summed E-state index contributed by atoms with van der Waals surface area (Å²) in [5, 5.41) is 10.9. The van der Waals surface area contributed by atoms with Crippen molar-refractivity contribution >= 4 is 46.3 Å². The number of hydrogen-bond donors (Lipinski definition) is 0. The molecule has 0 bridgehead atoms. The molecule has 1 aliphatic heterocycles. The molecule has 1 fully saturated rings. The lowest BCUT2D eigenvalue weighted by Gasteiger charge is -2.12. The third kappa shape index (κ3) is 4.00. The lowest BCUT2D eigenvalue weighted by molar-refractivity contribution is -0.384. The van der Waals surface area contributed by atoms with E-state index in [2.05, 4.69) is 0 Å². The minimum absolute atomic E-state index is 0.0308. The van der Waals surface area contributed by atoms with E-state index in [4.69, 9.17) is 16.0 Å². The van der Waals surface area contributed by atoms with Gasteiger partial charge in [0.15, 0.2) is 0 Å².